The minimum Gasteiger partial charge on any atom is -0.444 e. The third kappa shape index (κ3) is 8.42. The summed E-state index contributed by atoms with van der Waals surface area (Å²) in [5, 5.41) is 2.54. The van der Waals surface area contributed by atoms with Crippen LogP contribution < -0.4 is 5.32 Å². The third-order valence-electron chi connectivity index (χ3n) is 6.52. The highest BCUT2D eigenvalue weighted by atomic mass is 16.6. The molecule has 3 rings (SSSR count). The summed E-state index contributed by atoms with van der Waals surface area (Å²) in [6.07, 6.45) is 8.56. The summed E-state index contributed by atoms with van der Waals surface area (Å²) in [7, 11) is 1.76. The largest absolute Gasteiger partial charge is 0.444 e. The normalized spacial score (nSPS) is 19.1. The Bertz CT molecular complexity index is 926. The Balaban J connectivity index is 1.54. The summed E-state index contributed by atoms with van der Waals surface area (Å²) in [4.78, 5) is 31.0. The van der Waals surface area contributed by atoms with E-state index in [9.17, 15) is 9.59 Å². The molecule has 0 bridgehead atoms. The molecule has 0 aromatic heterocycles. The summed E-state index contributed by atoms with van der Waals surface area (Å²) < 4.78 is 5.20. The van der Waals surface area contributed by atoms with E-state index >= 15 is 0 Å². The van der Waals surface area contributed by atoms with Crippen molar-refractivity contribution in [1.82, 2.24) is 20.0 Å². The average molecular weight is 483 g/mol. The van der Waals surface area contributed by atoms with Crippen molar-refractivity contribution < 1.29 is 14.3 Å². The van der Waals surface area contributed by atoms with Crippen molar-refractivity contribution in [3.8, 4) is 0 Å². The maximum atomic E-state index is 12.5. The fraction of sp³-hybridized carbons (Fsp3) is 0.571. The number of ether oxygens (including phenoxy) is 1. The van der Waals surface area contributed by atoms with Crippen molar-refractivity contribution in [2.45, 2.75) is 58.6 Å². The van der Waals surface area contributed by atoms with Crippen LogP contribution in [-0.4, -0.2) is 78.6 Å². The molecule has 35 heavy (non-hydrogen) atoms. The van der Waals surface area contributed by atoms with Crippen LogP contribution in [0.15, 0.2) is 48.2 Å². The molecule has 0 radical (unpaired) electrons. The standard InChI is InChI=1S/C28H42N4O3/c1-6-31-15-17-32(18-16-31)25-12-8-10-23(13-14-25)24-11-7-9-22(19-24)21-30(5)26(33)20-29-27(34)35-28(2,3)4/h7,9,11-14,19,23H,6,8,10,15-18,20-21H2,1-5H3,(H,29,34). The molecule has 0 saturated carbocycles. The first-order valence-corrected chi connectivity index (χ1v) is 12.8. The minimum atomic E-state index is -0.591. The van der Waals surface area contributed by atoms with E-state index < -0.39 is 11.7 Å². The van der Waals surface area contributed by atoms with E-state index in [1.165, 1.54) is 11.3 Å². The van der Waals surface area contributed by atoms with E-state index in [4.69, 9.17) is 4.74 Å². The number of benzene rings is 1. The van der Waals surface area contributed by atoms with Crippen molar-refractivity contribution in [2.75, 3.05) is 46.3 Å². The maximum absolute atomic E-state index is 12.5. The predicted molar refractivity (Wildman–Crippen MR) is 140 cm³/mol. The number of carbonyl (C=O) groups excluding carboxylic acids is 2. The van der Waals surface area contributed by atoms with E-state index in [0.29, 0.717) is 12.5 Å². The number of alkyl carbamates (subject to hydrolysis) is 1. The zero-order chi connectivity index (χ0) is 25.4. The molecule has 1 aliphatic heterocycles. The molecule has 1 aromatic rings. The number of carbonyl (C=O) groups is 2. The fourth-order valence-corrected chi connectivity index (χ4v) is 4.51. The van der Waals surface area contributed by atoms with Gasteiger partial charge in [0.05, 0.1) is 0 Å². The topological polar surface area (TPSA) is 65.1 Å². The maximum Gasteiger partial charge on any atom is 0.408 e. The van der Waals surface area contributed by atoms with Gasteiger partial charge in [-0.1, -0.05) is 43.3 Å². The van der Waals surface area contributed by atoms with Crippen LogP contribution in [0.2, 0.25) is 0 Å². The quantitative estimate of drug-likeness (QED) is 0.633. The lowest BCUT2D eigenvalue weighted by atomic mass is 9.93. The number of allylic oxidation sites excluding steroid dienone is 3. The Morgan fingerprint density at radius 2 is 1.91 bits per heavy atom. The third-order valence-corrected chi connectivity index (χ3v) is 6.52. The molecule has 1 aliphatic carbocycles. The van der Waals surface area contributed by atoms with Gasteiger partial charge >= 0.3 is 6.09 Å². The van der Waals surface area contributed by atoms with Crippen molar-refractivity contribution in [1.29, 1.82) is 0 Å². The highest BCUT2D eigenvalue weighted by molar-refractivity contribution is 5.82. The highest BCUT2D eigenvalue weighted by Crippen LogP contribution is 2.28. The molecule has 7 nitrogen and oxygen atoms in total. The van der Waals surface area contributed by atoms with Gasteiger partial charge in [-0.25, -0.2) is 4.79 Å². The van der Waals surface area contributed by atoms with Crippen LogP contribution in [0.3, 0.4) is 0 Å². The van der Waals surface area contributed by atoms with Gasteiger partial charge in [-0.2, -0.15) is 0 Å². The molecule has 192 valence electrons. The number of rotatable bonds is 7. The van der Waals surface area contributed by atoms with Crippen LogP contribution in [0, 0.1) is 0 Å². The van der Waals surface area contributed by atoms with Crippen LogP contribution in [-0.2, 0) is 16.1 Å². The molecule has 1 heterocycles. The van der Waals surface area contributed by atoms with Gasteiger partial charge in [-0.3, -0.25) is 4.79 Å². The van der Waals surface area contributed by atoms with Crippen LogP contribution in [0.4, 0.5) is 4.79 Å². The average Bonchev–Trinajstić information content (AvgIpc) is 3.08. The lowest BCUT2D eigenvalue weighted by Crippen LogP contribution is -2.45. The summed E-state index contributed by atoms with van der Waals surface area (Å²) in [6.45, 7) is 13.6. The summed E-state index contributed by atoms with van der Waals surface area (Å²) >= 11 is 0. The molecular formula is C28H42N4O3. The summed E-state index contributed by atoms with van der Waals surface area (Å²) in [6, 6.07) is 8.49. The van der Waals surface area contributed by atoms with Gasteiger partial charge in [0.25, 0.3) is 0 Å². The second kappa shape index (κ2) is 12.2. The van der Waals surface area contributed by atoms with Crippen LogP contribution >= 0.6 is 0 Å². The SMILES string of the molecule is CCN1CCN(C2=CCCC(c3cccc(CN(C)C(=O)CNC(=O)OC(C)(C)C)c3)C=C2)CC1. The first-order chi connectivity index (χ1) is 16.6. The Labute approximate surface area is 210 Å². The first-order valence-electron chi connectivity index (χ1n) is 12.8. The number of nitrogens with one attached hydrogen (secondary N) is 1. The number of hydrogen-bond donors (Lipinski definition) is 1. The van der Waals surface area contributed by atoms with E-state index in [1.807, 2.05) is 6.07 Å². The molecule has 7 heteroatoms. The van der Waals surface area contributed by atoms with Gasteiger partial charge in [-0.05, 0) is 57.4 Å². The van der Waals surface area contributed by atoms with E-state index in [1.54, 1.807) is 32.7 Å². The van der Waals surface area contributed by atoms with E-state index in [-0.39, 0.29) is 12.5 Å². The Hall–Kier alpha value is -2.80. The van der Waals surface area contributed by atoms with Gasteiger partial charge in [0.1, 0.15) is 12.1 Å². The zero-order valence-corrected chi connectivity index (χ0v) is 22.0. The monoisotopic (exact) mass is 482 g/mol. The number of piperazine rings is 1. The smallest absolute Gasteiger partial charge is 0.408 e. The van der Waals surface area contributed by atoms with Gasteiger partial charge in [-0.15, -0.1) is 0 Å². The second-order valence-corrected chi connectivity index (χ2v) is 10.4. The van der Waals surface area contributed by atoms with Crippen LogP contribution in [0.25, 0.3) is 0 Å². The highest BCUT2D eigenvalue weighted by Gasteiger charge is 2.20. The van der Waals surface area contributed by atoms with Gasteiger partial charge in [0.15, 0.2) is 0 Å². The Kier molecular flexibility index (Phi) is 9.38. The van der Waals surface area contributed by atoms with E-state index in [0.717, 1.165) is 51.1 Å². The second-order valence-electron chi connectivity index (χ2n) is 10.4. The summed E-state index contributed by atoms with van der Waals surface area (Å²) in [5.74, 6) is 0.197. The molecule has 2 aliphatic rings. The van der Waals surface area contributed by atoms with Gasteiger partial charge in [0.2, 0.25) is 5.91 Å². The molecule has 1 N–H and O–H groups in total. The van der Waals surface area contributed by atoms with Crippen LogP contribution in [0.1, 0.15) is 57.6 Å². The van der Waals surface area contributed by atoms with Gasteiger partial charge in [0, 0.05) is 51.4 Å². The molecule has 1 atom stereocenters. The summed E-state index contributed by atoms with van der Waals surface area (Å²) in [5.41, 5.74) is 3.11. The van der Waals surface area contributed by atoms with Crippen molar-refractivity contribution in [2.24, 2.45) is 0 Å². The Morgan fingerprint density at radius 3 is 2.60 bits per heavy atom. The molecule has 2 amide bonds. The molecular weight excluding hydrogens is 440 g/mol. The molecule has 1 saturated heterocycles. The van der Waals surface area contributed by atoms with Gasteiger partial charge < -0.3 is 24.8 Å². The van der Waals surface area contributed by atoms with Crippen molar-refractivity contribution in [3.63, 3.8) is 0 Å². The lowest BCUT2D eigenvalue weighted by molar-refractivity contribution is -0.129. The number of nitrogens with zero attached hydrogens (tertiary/aromatic N) is 3. The van der Waals surface area contributed by atoms with Crippen molar-refractivity contribution in [3.05, 3.63) is 59.3 Å². The zero-order valence-electron chi connectivity index (χ0n) is 22.0. The molecule has 0 spiro atoms. The minimum absolute atomic E-state index is 0.0859. The number of likely N-dealkylation sites (N-methyl/N-ethyl adjacent to an activating group) is 2. The Morgan fingerprint density at radius 1 is 1.17 bits per heavy atom. The van der Waals surface area contributed by atoms with Crippen molar-refractivity contribution >= 4 is 12.0 Å². The molecule has 1 unspecified atom stereocenters. The first kappa shape index (κ1) is 26.8. The van der Waals surface area contributed by atoms with Crippen LogP contribution in [0.5, 0.6) is 0 Å². The number of amides is 2. The predicted octanol–water partition coefficient (Wildman–Crippen LogP) is 4.12. The molecule has 1 aromatic carbocycles. The fourth-order valence-electron chi connectivity index (χ4n) is 4.51. The van der Waals surface area contributed by atoms with E-state index in [2.05, 4.69) is 58.5 Å². The molecule has 1 fully saturated rings. The lowest BCUT2D eigenvalue weighted by Gasteiger charge is -2.36. The number of hydrogen-bond acceptors (Lipinski definition) is 5.